The molecule has 11 heteroatoms. The van der Waals surface area contributed by atoms with E-state index in [2.05, 4.69) is 0 Å². The molecule has 200 valence electrons. The summed E-state index contributed by atoms with van der Waals surface area (Å²) in [5, 5.41) is 0. The molecule has 0 aliphatic carbocycles. The lowest BCUT2D eigenvalue weighted by Crippen LogP contribution is -2.63. The minimum absolute atomic E-state index is 0.335. The highest BCUT2D eigenvalue weighted by molar-refractivity contribution is 5.68. The van der Waals surface area contributed by atoms with Gasteiger partial charge in [-0.15, -0.1) is 0 Å². The molecule has 1 aromatic rings. The first kappa shape index (κ1) is 28.9. The average Bonchev–Trinajstić information content (AvgIpc) is 2.76. The van der Waals surface area contributed by atoms with Crippen LogP contribution in [0.4, 0.5) is 0 Å². The van der Waals surface area contributed by atoms with Gasteiger partial charge in [-0.25, -0.2) is 0 Å². The lowest BCUT2D eigenvalue weighted by molar-refractivity contribution is -0.288. The Morgan fingerprint density at radius 3 is 1.89 bits per heavy atom. The minimum atomic E-state index is -1.31. The number of ether oxygens (including phenoxy) is 7. The summed E-state index contributed by atoms with van der Waals surface area (Å²) in [5.74, 6) is -1.59. The summed E-state index contributed by atoms with van der Waals surface area (Å²) in [6, 6.07) is 1.81. The van der Waals surface area contributed by atoms with E-state index in [1.807, 2.05) is 33.8 Å². The van der Waals surface area contributed by atoms with Crippen molar-refractivity contribution in [1.82, 2.24) is 0 Å². The Labute approximate surface area is 210 Å². The van der Waals surface area contributed by atoms with E-state index in [9.17, 15) is 19.2 Å². The molecule has 1 heterocycles. The third-order valence-corrected chi connectivity index (χ3v) is 5.46. The van der Waals surface area contributed by atoms with E-state index in [0.717, 1.165) is 30.5 Å². The van der Waals surface area contributed by atoms with Crippen LogP contribution < -0.4 is 9.47 Å². The van der Waals surface area contributed by atoms with E-state index in [1.54, 1.807) is 0 Å². The number of hydrogen-bond acceptors (Lipinski definition) is 11. The lowest BCUT2D eigenvalue weighted by Gasteiger charge is -2.44. The molecule has 0 radical (unpaired) electrons. The molecule has 0 amide bonds. The van der Waals surface area contributed by atoms with E-state index in [4.69, 9.17) is 33.2 Å². The maximum Gasteiger partial charge on any atom is 0.303 e. The molecule has 5 atom stereocenters. The first-order chi connectivity index (χ1) is 16.8. The predicted molar refractivity (Wildman–Crippen MR) is 124 cm³/mol. The zero-order valence-corrected chi connectivity index (χ0v) is 21.9. The van der Waals surface area contributed by atoms with E-state index in [0.29, 0.717) is 18.1 Å². The number of hydrogen-bond donors (Lipinski definition) is 0. The van der Waals surface area contributed by atoms with Crippen molar-refractivity contribution in [2.75, 3.05) is 13.2 Å². The molecule has 2 rings (SSSR count). The van der Waals surface area contributed by atoms with Gasteiger partial charge in [-0.3, -0.25) is 19.2 Å². The van der Waals surface area contributed by atoms with Crippen LogP contribution in [0.1, 0.15) is 51.3 Å². The molecule has 1 aromatic carbocycles. The Bertz CT molecular complexity index is 987. The number of rotatable bonds is 9. The third kappa shape index (κ3) is 7.33. The van der Waals surface area contributed by atoms with Crippen molar-refractivity contribution in [2.45, 2.75) is 86.1 Å². The maximum atomic E-state index is 12.0. The Morgan fingerprint density at radius 1 is 0.806 bits per heavy atom. The fourth-order valence-electron chi connectivity index (χ4n) is 3.91. The maximum absolute atomic E-state index is 12.0. The normalized spacial score (nSPS) is 23.3. The van der Waals surface area contributed by atoms with E-state index in [-0.39, 0.29) is 6.61 Å². The molecule has 1 aliphatic rings. The average molecular weight is 511 g/mol. The van der Waals surface area contributed by atoms with Crippen LogP contribution in [0.25, 0.3) is 0 Å². The van der Waals surface area contributed by atoms with Crippen LogP contribution in [0.5, 0.6) is 11.5 Å². The Hall–Kier alpha value is -3.34. The molecule has 36 heavy (non-hydrogen) atoms. The standard InChI is InChI=1S/C25H34O11/c1-9-30-19-10-12(2)21(14(4)13(19)3)36-25-24(34-18(8)29)23(33-17(7)28)22(32-16(6)27)20(35-25)11-31-15(5)26/h10,20,22-25H,9,11H2,1-8H3/t20-,22+,23+,24-,25+/m1/s1. The van der Waals surface area contributed by atoms with Gasteiger partial charge in [0.05, 0.1) is 6.61 Å². The van der Waals surface area contributed by atoms with Crippen molar-refractivity contribution in [1.29, 1.82) is 0 Å². The molecule has 1 saturated heterocycles. The summed E-state index contributed by atoms with van der Waals surface area (Å²) in [7, 11) is 0. The van der Waals surface area contributed by atoms with Gasteiger partial charge in [0.2, 0.25) is 12.4 Å². The number of aryl methyl sites for hydroxylation is 1. The van der Waals surface area contributed by atoms with Gasteiger partial charge >= 0.3 is 23.9 Å². The Kier molecular flexibility index (Phi) is 10.1. The number of carbonyl (C=O) groups is 4. The third-order valence-electron chi connectivity index (χ3n) is 5.46. The molecular formula is C25H34O11. The summed E-state index contributed by atoms with van der Waals surface area (Å²) in [6.07, 6.45) is -6.27. The second-order valence-corrected chi connectivity index (χ2v) is 8.39. The van der Waals surface area contributed by atoms with Crippen LogP contribution in [0, 0.1) is 20.8 Å². The van der Waals surface area contributed by atoms with Crippen molar-refractivity contribution < 1.29 is 52.3 Å². The monoisotopic (exact) mass is 510 g/mol. The van der Waals surface area contributed by atoms with Crippen LogP contribution >= 0.6 is 0 Å². The summed E-state index contributed by atoms with van der Waals surface area (Å²) < 4.78 is 39.3. The first-order valence-corrected chi connectivity index (χ1v) is 11.6. The van der Waals surface area contributed by atoms with Gasteiger partial charge in [-0.05, 0) is 50.5 Å². The van der Waals surface area contributed by atoms with Crippen LogP contribution in [-0.4, -0.2) is 67.8 Å². The Morgan fingerprint density at radius 2 is 1.36 bits per heavy atom. The molecule has 0 aromatic heterocycles. The second kappa shape index (κ2) is 12.6. The molecule has 11 nitrogen and oxygen atoms in total. The van der Waals surface area contributed by atoms with Gasteiger partial charge < -0.3 is 33.2 Å². The number of esters is 4. The van der Waals surface area contributed by atoms with E-state index >= 15 is 0 Å². The highest BCUT2D eigenvalue weighted by Crippen LogP contribution is 2.37. The first-order valence-electron chi connectivity index (χ1n) is 11.6. The number of benzene rings is 1. The van der Waals surface area contributed by atoms with Gasteiger partial charge in [0.25, 0.3) is 0 Å². The summed E-state index contributed by atoms with van der Waals surface area (Å²) >= 11 is 0. The smallest absolute Gasteiger partial charge is 0.303 e. The van der Waals surface area contributed by atoms with E-state index in [1.165, 1.54) is 13.8 Å². The van der Waals surface area contributed by atoms with Crippen molar-refractivity contribution in [3.05, 3.63) is 22.8 Å². The quantitative estimate of drug-likeness (QED) is 0.358. The van der Waals surface area contributed by atoms with Crippen LogP contribution in [0.15, 0.2) is 6.07 Å². The van der Waals surface area contributed by atoms with Gasteiger partial charge in [-0.1, -0.05) is 0 Å². The van der Waals surface area contributed by atoms with Crippen molar-refractivity contribution >= 4 is 23.9 Å². The van der Waals surface area contributed by atoms with Gasteiger partial charge in [0, 0.05) is 27.7 Å². The molecule has 0 N–H and O–H groups in total. The summed E-state index contributed by atoms with van der Waals surface area (Å²) in [4.78, 5) is 47.3. The van der Waals surface area contributed by atoms with Crippen LogP contribution in [-0.2, 0) is 42.9 Å². The highest BCUT2D eigenvalue weighted by atomic mass is 16.7. The summed E-state index contributed by atoms with van der Waals surface area (Å²) in [5.41, 5.74) is 2.31. The fraction of sp³-hybridized carbons (Fsp3) is 0.600. The van der Waals surface area contributed by atoms with Crippen LogP contribution in [0.2, 0.25) is 0 Å². The molecule has 0 bridgehead atoms. The largest absolute Gasteiger partial charge is 0.494 e. The minimum Gasteiger partial charge on any atom is -0.494 e. The van der Waals surface area contributed by atoms with Gasteiger partial charge in [0.1, 0.15) is 24.2 Å². The van der Waals surface area contributed by atoms with Gasteiger partial charge in [0.15, 0.2) is 12.2 Å². The fourth-order valence-corrected chi connectivity index (χ4v) is 3.91. The van der Waals surface area contributed by atoms with Crippen molar-refractivity contribution in [3.8, 4) is 11.5 Å². The topological polar surface area (TPSA) is 133 Å². The molecule has 1 aliphatic heterocycles. The second-order valence-electron chi connectivity index (χ2n) is 8.39. The summed E-state index contributed by atoms with van der Waals surface area (Å²) in [6.45, 7) is 12.3. The SMILES string of the molecule is CCOc1cc(C)c(O[C@@H]2O[C@H](COC(C)=O)[C@H](OC(C)=O)[C@H](OC(C)=O)[C@H]2OC(C)=O)c(C)c1C. The Balaban J connectivity index is 2.56. The molecule has 0 spiro atoms. The van der Waals surface area contributed by atoms with Crippen molar-refractivity contribution in [3.63, 3.8) is 0 Å². The molecule has 0 unspecified atom stereocenters. The van der Waals surface area contributed by atoms with Crippen molar-refractivity contribution in [2.24, 2.45) is 0 Å². The molecular weight excluding hydrogens is 476 g/mol. The number of carbonyl (C=O) groups excluding carboxylic acids is 4. The molecule has 1 fully saturated rings. The highest BCUT2D eigenvalue weighted by Gasteiger charge is 2.53. The zero-order chi connectivity index (χ0) is 27.2. The predicted octanol–water partition coefficient (Wildman–Crippen LogP) is 2.47. The molecule has 0 saturated carbocycles. The zero-order valence-electron chi connectivity index (χ0n) is 21.9. The van der Waals surface area contributed by atoms with E-state index < -0.39 is 54.6 Å². The van der Waals surface area contributed by atoms with Crippen LogP contribution in [0.3, 0.4) is 0 Å². The van der Waals surface area contributed by atoms with Gasteiger partial charge in [-0.2, -0.15) is 0 Å². The lowest BCUT2D eigenvalue weighted by atomic mass is 9.97.